The molecule has 0 unspecified atom stereocenters. The lowest BCUT2D eigenvalue weighted by molar-refractivity contribution is 0.0716. The molecule has 24 heavy (non-hydrogen) atoms. The molecule has 1 aromatic carbocycles. The molecule has 1 saturated heterocycles. The van der Waals surface area contributed by atoms with Crippen molar-refractivity contribution in [3.05, 3.63) is 56.4 Å². The minimum Gasteiger partial charge on any atom is -0.337 e. The number of nitrogens with zero attached hydrogens (tertiary/aromatic N) is 2. The second kappa shape index (κ2) is 7.44. The van der Waals surface area contributed by atoms with E-state index in [0.717, 1.165) is 3.79 Å². The summed E-state index contributed by atoms with van der Waals surface area (Å²) in [4.78, 5) is 28.4. The Morgan fingerprint density at radius 3 is 2.33 bits per heavy atom. The maximum atomic E-state index is 13.8. The molecular weight excluding hydrogens is 395 g/mol. The average Bonchev–Trinajstić information content (AvgIpc) is 2.87. The van der Waals surface area contributed by atoms with Crippen LogP contribution in [0, 0.1) is 5.82 Å². The number of amides is 2. The van der Waals surface area contributed by atoms with Crippen LogP contribution in [0.3, 0.4) is 0 Å². The Morgan fingerprint density at radius 1 is 1.04 bits per heavy atom. The monoisotopic (exact) mass is 410 g/mol. The van der Waals surface area contributed by atoms with E-state index in [9.17, 15) is 14.0 Å². The highest BCUT2D eigenvalue weighted by molar-refractivity contribution is 9.11. The van der Waals surface area contributed by atoms with Crippen molar-refractivity contribution in [2.24, 2.45) is 0 Å². The Balaban J connectivity index is 1.68. The van der Waals surface area contributed by atoms with Crippen molar-refractivity contribution in [2.45, 2.75) is 6.42 Å². The van der Waals surface area contributed by atoms with Crippen molar-refractivity contribution < 1.29 is 14.0 Å². The number of carbonyl (C=O) groups excluding carboxylic acids is 2. The molecule has 0 radical (unpaired) electrons. The third-order valence-electron chi connectivity index (χ3n) is 3.99. The molecule has 0 N–H and O–H groups in total. The molecule has 0 saturated carbocycles. The zero-order valence-corrected chi connectivity index (χ0v) is 15.3. The standard InChI is InChI=1S/C17H16BrFN2O2S/c18-15-10-12(11-24-15)16(22)20-6-3-7-21(9-8-20)17(23)13-4-1-2-5-14(13)19/h1-2,4-5,10-11H,3,6-9H2. The van der Waals surface area contributed by atoms with Gasteiger partial charge >= 0.3 is 0 Å². The van der Waals surface area contributed by atoms with E-state index in [-0.39, 0.29) is 17.4 Å². The molecule has 1 aliphatic rings. The summed E-state index contributed by atoms with van der Waals surface area (Å²) in [7, 11) is 0. The first-order valence-electron chi connectivity index (χ1n) is 7.63. The molecule has 1 fully saturated rings. The molecule has 0 spiro atoms. The number of benzene rings is 1. The van der Waals surface area contributed by atoms with E-state index in [4.69, 9.17) is 0 Å². The summed E-state index contributed by atoms with van der Waals surface area (Å²) in [5.41, 5.74) is 0.736. The largest absolute Gasteiger partial charge is 0.337 e. The van der Waals surface area contributed by atoms with Gasteiger partial charge in [0.25, 0.3) is 11.8 Å². The second-order valence-electron chi connectivity index (χ2n) is 5.56. The SMILES string of the molecule is O=C(c1csc(Br)c1)N1CCCN(C(=O)c2ccccc2F)CC1. The van der Waals surface area contributed by atoms with Gasteiger partial charge in [0, 0.05) is 31.6 Å². The zero-order chi connectivity index (χ0) is 17.1. The van der Waals surface area contributed by atoms with E-state index < -0.39 is 5.82 Å². The summed E-state index contributed by atoms with van der Waals surface area (Å²) in [6, 6.07) is 7.80. The first-order valence-corrected chi connectivity index (χ1v) is 9.30. The van der Waals surface area contributed by atoms with Gasteiger partial charge in [-0.05, 0) is 40.5 Å². The van der Waals surface area contributed by atoms with Gasteiger partial charge in [-0.15, -0.1) is 11.3 Å². The van der Waals surface area contributed by atoms with Crippen LogP contribution in [0.4, 0.5) is 4.39 Å². The minimum absolute atomic E-state index is 0.0304. The maximum Gasteiger partial charge on any atom is 0.256 e. The first kappa shape index (κ1) is 17.1. The van der Waals surface area contributed by atoms with Crippen molar-refractivity contribution >= 4 is 39.1 Å². The van der Waals surface area contributed by atoms with Gasteiger partial charge in [0.05, 0.1) is 14.9 Å². The Morgan fingerprint density at radius 2 is 1.71 bits per heavy atom. The van der Waals surface area contributed by atoms with Gasteiger partial charge < -0.3 is 9.80 Å². The predicted octanol–water partition coefficient (Wildman–Crippen LogP) is 3.64. The molecule has 0 atom stereocenters. The quantitative estimate of drug-likeness (QED) is 0.757. The molecule has 1 aromatic heterocycles. The summed E-state index contributed by atoms with van der Waals surface area (Å²) in [5, 5.41) is 1.82. The third kappa shape index (κ3) is 3.67. The van der Waals surface area contributed by atoms with Gasteiger partial charge in [-0.2, -0.15) is 0 Å². The lowest BCUT2D eigenvalue weighted by Crippen LogP contribution is -2.37. The van der Waals surface area contributed by atoms with Crippen molar-refractivity contribution in [1.82, 2.24) is 9.80 Å². The van der Waals surface area contributed by atoms with Gasteiger partial charge in [0.1, 0.15) is 5.82 Å². The highest BCUT2D eigenvalue weighted by atomic mass is 79.9. The van der Waals surface area contributed by atoms with Crippen LogP contribution in [0.2, 0.25) is 0 Å². The van der Waals surface area contributed by atoms with Crippen molar-refractivity contribution in [1.29, 1.82) is 0 Å². The van der Waals surface area contributed by atoms with Crippen LogP contribution in [0.1, 0.15) is 27.1 Å². The van der Waals surface area contributed by atoms with E-state index in [1.165, 1.54) is 23.5 Å². The lowest BCUT2D eigenvalue weighted by atomic mass is 10.2. The van der Waals surface area contributed by atoms with Crippen LogP contribution in [0.25, 0.3) is 0 Å². The van der Waals surface area contributed by atoms with Crippen molar-refractivity contribution in [2.75, 3.05) is 26.2 Å². The van der Waals surface area contributed by atoms with Crippen LogP contribution in [-0.4, -0.2) is 47.8 Å². The van der Waals surface area contributed by atoms with Crippen LogP contribution in [0.15, 0.2) is 39.5 Å². The molecule has 1 aliphatic heterocycles. The Hall–Kier alpha value is -1.73. The van der Waals surface area contributed by atoms with Gasteiger partial charge in [0.2, 0.25) is 0 Å². The fourth-order valence-electron chi connectivity index (χ4n) is 2.73. The molecule has 3 rings (SSSR count). The summed E-state index contributed by atoms with van der Waals surface area (Å²) in [5.74, 6) is -0.861. The number of thiophene rings is 1. The lowest BCUT2D eigenvalue weighted by Gasteiger charge is -2.22. The summed E-state index contributed by atoms with van der Waals surface area (Å²) in [6.07, 6.45) is 0.678. The molecule has 7 heteroatoms. The first-order chi connectivity index (χ1) is 11.6. The van der Waals surface area contributed by atoms with Crippen molar-refractivity contribution in [3.63, 3.8) is 0 Å². The molecule has 0 aliphatic carbocycles. The van der Waals surface area contributed by atoms with E-state index >= 15 is 0 Å². The maximum absolute atomic E-state index is 13.8. The summed E-state index contributed by atoms with van der Waals surface area (Å²) in [6.45, 7) is 1.97. The van der Waals surface area contributed by atoms with Gasteiger partial charge in [-0.3, -0.25) is 9.59 Å². The smallest absolute Gasteiger partial charge is 0.256 e. The number of carbonyl (C=O) groups is 2. The number of rotatable bonds is 2. The van der Waals surface area contributed by atoms with E-state index in [2.05, 4.69) is 15.9 Å². The molecular formula is C17H16BrFN2O2S. The third-order valence-corrected chi connectivity index (χ3v) is 5.49. The van der Waals surface area contributed by atoms with E-state index in [1.54, 1.807) is 28.0 Å². The molecule has 2 aromatic rings. The topological polar surface area (TPSA) is 40.6 Å². The Kier molecular flexibility index (Phi) is 5.30. The van der Waals surface area contributed by atoms with Gasteiger partial charge in [0.15, 0.2) is 0 Å². The molecule has 0 bridgehead atoms. The zero-order valence-electron chi connectivity index (χ0n) is 12.9. The van der Waals surface area contributed by atoms with Crippen molar-refractivity contribution in [3.8, 4) is 0 Å². The highest BCUT2D eigenvalue weighted by Crippen LogP contribution is 2.22. The molecule has 126 valence electrons. The molecule has 2 heterocycles. The second-order valence-corrected chi connectivity index (χ2v) is 7.85. The van der Waals surface area contributed by atoms with E-state index in [0.29, 0.717) is 38.2 Å². The van der Waals surface area contributed by atoms with Crippen LogP contribution in [-0.2, 0) is 0 Å². The van der Waals surface area contributed by atoms with Gasteiger partial charge in [-0.25, -0.2) is 4.39 Å². The summed E-state index contributed by atoms with van der Waals surface area (Å²) < 4.78 is 14.7. The van der Waals surface area contributed by atoms with Crippen LogP contribution >= 0.6 is 27.3 Å². The minimum atomic E-state index is -0.511. The van der Waals surface area contributed by atoms with Crippen LogP contribution < -0.4 is 0 Å². The summed E-state index contributed by atoms with van der Waals surface area (Å²) >= 11 is 4.83. The Bertz CT molecular complexity index is 765. The molecule has 4 nitrogen and oxygen atoms in total. The van der Waals surface area contributed by atoms with E-state index in [1.807, 2.05) is 5.38 Å². The number of hydrogen-bond acceptors (Lipinski definition) is 3. The van der Waals surface area contributed by atoms with Crippen LogP contribution in [0.5, 0.6) is 0 Å². The fourth-order valence-corrected chi connectivity index (χ4v) is 3.86. The molecule has 2 amide bonds. The fraction of sp³-hybridized carbons (Fsp3) is 0.294. The highest BCUT2D eigenvalue weighted by Gasteiger charge is 2.25. The van der Waals surface area contributed by atoms with Gasteiger partial charge in [-0.1, -0.05) is 12.1 Å². The average molecular weight is 411 g/mol. The number of hydrogen-bond donors (Lipinski definition) is 0. The number of halogens is 2. The predicted molar refractivity (Wildman–Crippen MR) is 94.8 cm³/mol. The Labute approximate surface area is 152 Å². The normalized spacial score (nSPS) is 15.2.